The molecule has 11 aromatic rings. The maximum atomic E-state index is 5.55. The molecule has 10 aromatic carbocycles. The van der Waals surface area contributed by atoms with Crippen LogP contribution < -0.4 is 0 Å². The van der Waals surface area contributed by atoms with Crippen LogP contribution >= 0.6 is 0 Å². The Bertz CT molecular complexity index is 3560. The Kier molecular flexibility index (Phi) is 9.07. The van der Waals surface area contributed by atoms with Gasteiger partial charge in [0.2, 0.25) is 0 Å². The normalized spacial score (nSPS) is 12.6. The summed E-state index contributed by atoms with van der Waals surface area (Å²) in [6, 6.07) is 89.5. The first kappa shape index (κ1) is 38.6. The van der Waals surface area contributed by atoms with Gasteiger partial charge in [-0.25, -0.2) is 15.0 Å². The third-order valence-electron chi connectivity index (χ3n) is 13.7. The van der Waals surface area contributed by atoms with Crippen molar-refractivity contribution in [3.8, 4) is 101 Å². The summed E-state index contributed by atoms with van der Waals surface area (Å²) in [5, 5.41) is 0. The lowest BCUT2D eigenvalue weighted by atomic mass is 9.66. The Balaban J connectivity index is 1.10. The summed E-state index contributed by atoms with van der Waals surface area (Å²) in [4.78, 5) is 16.4. The van der Waals surface area contributed by atoms with Crippen molar-refractivity contribution < 1.29 is 0 Å². The largest absolute Gasteiger partial charge is 0.208 e. The Hall–Kier alpha value is -8.79. The quantitative estimate of drug-likeness (QED) is 0.167. The number of benzene rings is 10. The molecule has 2 aliphatic carbocycles. The third kappa shape index (κ3) is 6.24. The van der Waals surface area contributed by atoms with Crippen molar-refractivity contribution >= 4 is 0 Å². The molecule has 3 nitrogen and oxygen atoms in total. The van der Waals surface area contributed by atoms with Crippen LogP contribution in [0.3, 0.4) is 0 Å². The second-order valence-electron chi connectivity index (χ2n) is 17.4. The van der Waals surface area contributed by atoms with Crippen molar-refractivity contribution in [1.29, 1.82) is 0 Å². The molecule has 0 saturated heterocycles. The molecule has 0 amide bonds. The molecule has 0 N–H and O–H groups in total. The lowest BCUT2D eigenvalue weighted by molar-refractivity contribution is 0.775. The molecule has 3 heteroatoms. The average Bonchev–Trinajstić information content (AvgIpc) is 3.66. The lowest BCUT2D eigenvalue weighted by Gasteiger charge is -2.35. The van der Waals surface area contributed by atoms with Crippen LogP contribution in [0.15, 0.2) is 249 Å². The highest BCUT2D eigenvalue weighted by molar-refractivity contribution is 6.00. The topological polar surface area (TPSA) is 38.7 Å². The van der Waals surface area contributed by atoms with E-state index in [-0.39, 0.29) is 0 Å². The molecule has 312 valence electrons. The van der Waals surface area contributed by atoms with Crippen LogP contribution in [-0.4, -0.2) is 15.0 Å². The van der Waals surface area contributed by atoms with E-state index < -0.39 is 5.41 Å². The zero-order valence-corrected chi connectivity index (χ0v) is 36.5. The summed E-state index contributed by atoms with van der Waals surface area (Å²) >= 11 is 0. The van der Waals surface area contributed by atoms with E-state index in [1.165, 1.54) is 50.1 Å². The fraction of sp³-hybridized carbons (Fsp3) is 0.0156. The van der Waals surface area contributed by atoms with Crippen molar-refractivity contribution in [1.82, 2.24) is 15.0 Å². The highest BCUT2D eigenvalue weighted by Gasteiger charge is 2.50. The highest BCUT2D eigenvalue weighted by atomic mass is 15.0. The minimum Gasteiger partial charge on any atom is -0.208 e. The molecular formula is C64H41N3. The lowest BCUT2D eigenvalue weighted by Crippen LogP contribution is -2.29. The first-order valence-electron chi connectivity index (χ1n) is 22.9. The molecule has 0 fully saturated rings. The Morgan fingerprint density at radius 2 is 0.552 bits per heavy atom. The summed E-state index contributed by atoms with van der Waals surface area (Å²) in [6.45, 7) is 0. The summed E-state index contributed by atoms with van der Waals surface area (Å²) in [7, 11) is 0. The fourth-order valence-corrected chi connectivity index (χ4v) is 10.9. The molecule has 0 aliphatic heterocycles. The van der Waals surface area contributed by atoms with E-state index in [0.29, 0.717) is 17.5 Å². The summed E-state index contributed by atoms with van der Waals surface area (Å²) in [5.41, 5.74) is 21.1. The van der Waals surface area contributed by atoms with Crippen LogP contribution in [0.1, 0.15) is 22.3 Å². The van der Waals surface area contributed by atoms with Crippen molar-refractivity contribution in [3.05, 3.63) is 271 Å². The smallest absolute Gasteiger partial charge is 0.164 e. The third-order valence-corrected chi connectivity index (χ3v) is 13.7. The number of fused-ring (bicyclic) bond motifs is 12. The van der Waals surface area contributed by atoms with Crippen LogP contribution in [0.5, 0.6) is 0 Å². The maximum absolute atomic E-state index is 5.55. The number of hydrogen-bond acceptors (Lipinski definition) is 3. The Labute approximate surface area is 390 Å². The van der Waals surface area contributed by atoms with Crippen molar-refractivity contribution in [2.75, 3.05) is 0 Å². The van der Waals surface area contributed by atoms with Crippen LogP contribution in [-0.2, 0) is 5.41 Å². The second kappa shape index (κ2) is 15.7. The van der Waals surface area contributed by atoms with Gasteiger partial charge in [-0.2, -0.15) is 0 Å². The molecule has 0 bridgehead atoms. The van der Waals surface area contributed by atoms with Crippen LogP contribution in [0.4, 0.5) is 0 Å². The van der Waals surface area contributed by atoms with Crippen molar-refractivity contribution in [2.45, 2.75) is 5.41 Å². The average molecular weight is 852 g/mol. The van der Waals surface area contributed by atoms with Gasteiger partial charge in [-0.3, -0.25) is 0 Å². The molecule has 0 atom stereocenters. The molecule has 1 heterocycles. The predicted octanol–water partition coefficient (Wildman–Crippen LogP) is 15.9. The second-order valence-corrected chi connectivity index (χ2v) is 17.4. The van der Waals surface area contributed by atoms with Crippen LogP contribution in [0, 0.1) is 0 Å². The van der Waals surface area contributed by atoms with Gasteiger partial charge in [0, 0.05) is 16.7 Å². The maximum Gasteiger partial charge on any atom is 0.164 e. The first-order chi connectivity index (χ1) is 33.2. The van der Waals surface area contributed by atoms with E-state index >= 15 is 0 Å². The van der Waals surface area contributed by atoms with Crippen molar-refractivity contribution in [2.24, 2.45) is 0 Å². The summed E-state index contributed by atoms with van der Waals surface area (Å²) in [6.07, 6.45) is 0. The monoisotopic (exact) mass is 851 g/mol. The van der Waals surface area contributed by atoms with Crippen LogP contribution in [0.25, 0.3) is 101 Å². The van der Waals surface area contributed by atoms with E-state index in [2.05, 4.69) is 249 Å². The number of rotatable bonds is 6. The zero-order chi connectivity index (χ0) is 44.3. The van der Waals surface area contributed by atoms with E-state index in [1.807, 2.05) is 0 Å². The number of nitrogens with zero attached hydrogens (tertiary/aromatic N) is 3. The molecular weight excluding hydrogens is 811 g/mol. The number of aromatic nitrogens is 3. The summed E-state index contributed by atoms with van der Waals surface area (Å²) < 4.78 is 0. The van der Waals surface area contributed by atoms with Gasteiger partial charge >= 0.3 is 0 Å². The molecule has 0 radical (unpaired) electrons. The van der Waals surface area contributed by atoms with E-state index in [1.54, 1.807) is 0 Å². The highest BCUT2D eigenvalue weighted by Crippen LogP contribution is 2.62. The Morgan fingerprint density at radius 1 is 0.209 bits per heavy atom. The van der Waals surface area contributed by atoms with Gasteiger partial charge in [0.05, 0.1) is 5.41 Å². The molecule has 0 unspecified atom stereocenters. The first-order valence-corrected chi connectivity index (χ1v) is 22.9. The van der Waals surface area contributed by atoms with Gasteiger partial charge < -0.3 is 0 Å². The molecule has 1 spiro atoms. The molecule has 1 aromatic heterocycles. The summed E-state index contributed by atoms with van der Waals surface area (Å²) in [5.74, 6) is 1.85. The predicted molar refractivity (Wildman–Crippen MR) is 274 cm³/mol. The molecule has 2 aliphatic rings. The van der Waals surface area contributed by atoms with E-state index in [4.69, 9.17) is 15.0 Å². The van der Waals surface area contributed by atoms with Gasteiger partial charge in [0.25, 0.3) is 0 Å². The zero-order valence-electron chi connectivity index (χ0n) is 36.5. The van der Waals surface area contributed by atoms with Gasteiger partial charge in [0.15, 0.2) is 17.5 Å². The van der Waals surface area contributed by atoms with Gasteiger partial charge in [0.1, 0.15) is 0 Å². The van der Waals surface area contributed by atoms with Crippen molar-refractivity contribution in [3.63, 3.8) is 0 Å². The molecule has 67 heavy (non-hydrogen) atoms. The minimum absolute atomic E-state index is 0.610. The van der Waals surface area contributed by atoms with E-state index in [0.717, 1.165) is 55.6 Å². The SMILES string of the molecule is c1ccc(-c2cccc(-c3nc(-c4cc(-c5ccccc5)cc(-c5ccccc5)c4)nc(-c4cccc5c4-c4ccccc4C54c5ccccc5-c5ccccc5-c5ccccc54)n3)c2)cc1. The van der Waals surface area contributed by atoms with Gasteiger partial charge in [-0.1, -0.05) is 224 Å². The molecule has 0 saturated carbocycles. The molecule has 13 rings (SSSR count). The fourth-order valence-electron chi connectivity index (χ4n) is 10.9. The van der Waals surface area contributed by atoms with Crippen LogP contribution in [0.2, 0.25) is 0 Å². The van der Waals surface area contributed by atoms with E-state index in [9.17, 15) is 0 Å². The Morgan fingerprint density at radius 3 is 1.12 bits per heavy atom. The standard InChI is InChI=1S/C64H41N3/c1-4-20-42(21-5-1)45-26-18-27-46(38-45)61-65-62(49-40-47(43-22-6-2-7-23-43)39-48(41-49)44-24-8-3-9-25-44)67-63(66-61)55-33-19-37-59-60(55)54-32-14-17-36-58(54)64(59)56-34-15-12-30-52(56)50-28-10-11-29-51(50)53-31-13-16-35-57(53)64/h1-41H. The van der Waals surface area contributed by atoms with Gasteiger partial charge in [-0.05, 0) is 113 Å². The minimum atomic E-state index is -0.633. The number of hydrogen-bond donors (Lipinski definition) is 0. The van der Waals surface area contributed by atoms with Gasteiger partial charge in [-0.15, -0.1) is 0 Å².